The smallest absolute Gasteiger partial charge is 0.333 e. The van der Waals surface area contributed by atoms with Crippen LogP contribution in [0.4, 0.5) is 0 Å². The fraction of sp³-hybridized carbons (Fsp3) is 0.286. The van der Waals surface area contributed by atoms with E-state index in [2.05, 4.69) is 9.72 Å². The molecule has 76 valence electrons. The number of carbonyl (C=O) groups excluding carboxylic acids is 1. The van der Waals surface area contributed by atoms with E-state index in [-0.39, 0.29) is 11.2 Å². The molecule has 2 rings (SSSR count). The lowest BCUT2D eigenvalue weighted by atomic mass is 10.7. The summed E-state index contributed by atoms with van der Waals surface area (Å²) in [6.45, 7) is -0.531. The van der Waals surface area contributed by atoms with E-state index in [1.165, 1.54) is 17.9 Å². The molecule has 14 heavy (non-hydrogen) atoms. The molecule has 0 fully saturated rings. The summed E-state index contributed by atoms with van der Waals surface area (Å²) in [6.07, 6.45) is 1.50. The Morgan fingerprint density at radius 3 is 2.36 bits per heavy atom. The first-order valence-electron chi connectivity index (χ1n) is 3.64. The summed E-state index contributed by atoms with van der Waals surface area (Å²) in [4.78, 5) is 32.6. The van der Waals surface area contributed by atoms with Gasteiger partial charge in [-0.2, -0.15) is 0 Å². The summed E-state index contributed by atoms with van der Waals surface area (Å²) in [5.41, 5.74) is -0.130. The molecular formula is C7H8N2O5. The molecule has 7 heteroatoms. The first-order valence-corrected chi connectivity index (χ1v) is 3.64. The molecule has 0 aromatic carbocycles. The maximum Gasteiger partial charge on any atom is 0.333 e. The second-order valence-corrected chi connectivity index (χ2v) is 2.38. The van der Waals surface area contributed by atoms with E-state index in [0.29, 0.717) is 5.69 Å². The molecule has 0 radical (unpaired) electrons. The van der Waals surface area contributed by atoms with Crippen molar-refractivity contribution in [2.24, 2.45) is 0 Å². The number of carbonyl (C=O) groups is 1. The first-order chi connectivity index (χ1) is 6.60. The molecule has 0 aromatic rings. The Hall–Kier alpha value is -1.89. The molecule has 0 saturated heterocycles. The molecule has 7 nitrogen and oxygen atoms in total. The average Bonchev–Trinajstić information content (AvgIpc) is 2.92. The fourth-order valence-corrected chi connectivity index (χ4v) is 0.715. The Labute approximate surface area is 77.6 Å². The topological polar surface area (TPSA) is 101 Å². The van der Waals surface area contributed by atoms with Gasteiger partial charge in [0.15, 0.2) is 0 Å². The van der Waals surface area contributed by atoms with E-state index in [1.54, 1.807) is 0 Å². The van der Waals surface area contributed by atoms with Gasteiger partial charge in [-0.05, 0) is 0 Å². The largest absolute Gasteiger partial charge is 0.467 e. The number of hydrogen-bond donors (Lipinski definition) is 2. The number of aliphatic hydroxyl groups is 1. The van der Waals surface area contributed by atoms with E-state index in [4.69, 9.17) is 5.11 Å². The Kier molecular flexibility index (Phi) is 2.82. The highest BCUT2D eigenvalue weighted by Gasteiger charge is 2.18. The van der Waals surface area contributed by atoms with Crippen LogP contribution >= 0.6 is 0 Å². The lowest BCUT2D eigenvalue weighted by molar-refractivity contribution is -0.143. The van der Waals surface area contributed by atoms with Crippen LogP contribution in [-0.4, -0.2) is 34.3 Å². The average molecular weight is 200 g/mol. The van der Waals surface area contributed by atoms with Gasteiger partial charge in [0.25, 0.3) is 5.56 Å². The van der Waals surface area contributed by atoms with Gasteiger partial charge in [-0.15, -0.1) is 0 Å². The molecule has 2 aliphatic heterocycles. The van der Waals surface area contributed by atoms with Crippen molar-refractivity contribution in [2.75, 3.05) is 13.7 Å². The third kappa shape index (κ3) is 2.07. The van der Waals surface area contributed by atoms with E-state index in [1.807, 2.05) is 0 Å². The fourth-order valence-electron chi connectivity index (χ4n) is 0.715. The number of aromatic amines is 1. The number of imidazole rings is 1. The minimum atomic E-state index is -0.602. The Morgan fingerprint density at radius 2 is 2.29 bits per heavy atom. The first kappa shape index (κ1) is 10.2. The zero-order valence-corrected chi connectivity index (χ0v) is 7.31. The van der Waals surface area contributed by atoms with Gasteiger partial charge in [0.2, 0.25) is 0 Å². The van der Waals surface area contributed by atoms with Crippen molar-refractivity contribution in [3.8, 4) is 5.69 Å². The quantitative estimate of drug-likeness (QED) is 0.518. The molecule has 0 bridgehead atoms. The molecule has 0 aliphatic carbocycles. The number of ether oxygens (including phenoxy) is 1. The predicted molar refractivity (Wildman–Crippen MR) is 45.3 cm³/mol. The molecule has 0 amide bonds. The predicted octanol–water partition coefficient (Wildman–Crippen LogP) is -2.01. The summed E-state index contributed by atoms with van der Waals surface area (Å²) in [5, 5.41) is 7.86. The zero-order chi connectivity index (χ0) is 10.7. The maximum absolute atomic E-state index is 10.4. The second kappa shape index (κ2) is 3.88. The number of aliphatic hydroxyl groups excluding tert-OH is 1. The molecule has 0 unspecified atom stereocenters. The van der Waals surface area contributed by atoms with Gasteiger partial charge in [-0.1, -0.05) is 0 Å². The van der Waals surface area contributed by atoms with Crippen molar-refractivity contribution < 1.29 is 14.6 Å². The van der Waals surface area contributed by atoms with E-state index in [0.717, 1.165) is 0 Å². The standard InChI is InChI=1S/C4H2N2O2.C3H6O3/c7-3-2-1-6(2)4(8)5-3;1-6-3(5)2-4/h1H,(H,5,7,8);4H,2H2,1H3. The molecule has 0 atom stereocenters. The summed E-state index contributed by atoms with van der Waals surface area (Å²) < 4.78 is 5.29. The van der Waals surface area contributed by atoms with Crippen LogP contribution in [0.25, 0.3) is 5.69 Å². The van der Waals surface area contributed by atoms with E-state index < -0.39 is 12.6 Å². The van der Waals surface area contributed by atoms with Gasteiger partial charge >= 0.3 is 11.7 Å². The maximum atomic E-state index is 10.4. The number of methoxy groups -OCH3 is 1. The van der Waals surface area contributed by atoms with Crippen LogP contribution in [0.15, 0.2) is 15.8 Å². The SMILES string of the molecule is COC(=O)CO.O=c1[nH]c(=O)n2cc1-2. The number of aromatic nitrogens is 2. The van der Waals surface area contributed by atoms with E-state index in [9.17, 15) is 14.4 Å². The highest BCUT2D eigenvalue weighted by Crippen LogP contribution is 2.04. The molecule has 0 saturated carbocycles. The Balaban J connectivity index is 0.000000149. The van der Waals surface area contributed by atoms with Gasteiger partial charge in [0, 0.05) is 6.20 Å². The van der Waals surface area contributed by atoms with Crippen LogP contribution in [0.2, 0.25) is 0 Å². The zero-order valence-electron chi connectivity index (χ0n) is 7.31. The normalized spacial score (nSPS) is 9.86. The molecule has 0 spiro atoms. The summed E-state index contributed by atoms with van der Waals surface area (Å²) in [7, 11) is 1.22. The van der Waals surface area contributed by atoms with Gasteiger partial charge in [0.1, 0.15) is 12.3 Å². The van der Waals surface area contributed by atoms with E-state index >= 15 is 0 Å². The van der Waals surface area contributed by atoms with Crippen LogP contribution in [0.1, 0.15) is 0 Å². The van der Waals surface area contributed by atoms with Crippen LogP contribution in [0, 0.1) is 0 Å². The monoisotopic (exact) mass is 200 g/mol. The molecule has 2 N–H and O–H groups in total. The third-order valence-corrected chi connectivity index (χ3v) is 1.47. The van der Waals surface area contributed by atoms with Crippen molar-refractivity contribution in [1.82, 2.24) is 9.55 Å². The number of nitrogens with zero attached hydrogens (tertiary/aromatic N) is 1. The molecule has 2 aliphatic rings. The van der Waals surface area contributed by atoms with Crippen molar-refractivity contribution >= 4 is 5.97 Å². The van der Waals surface area contributed by atoms with Crippen LogP contribution in [0.3, 0.4) is 0 Å². The number of H-pyrrole nitrogens is 1. The number of fused-ring (bicyclic) bond motifs is 1. The van der Waals surface area contributed by atoms with Crippen LogP contribution < -0.4 is 11.2 Å². The number of hydrogen-bond acceptors (Lipinski definition) is 5. The van der Waals surface area contributed by atoms with Gasteiger partial charge in [0.05, 0.1) is 7.11 Å². The Bertz CT molecular complexity index is 421. The lowest BCUT2D eigenvalue weighted by Crippen LogP contribution is -2.09. The number of rotatable bonds is 1. The highest BCUT2D eigenvalue weighted by molar-refractivity contribution is 5.70. The molecule has 0 aromatic heterocycles. The lowest BCUT2D eigenvalue weighted by Gasteiger charge is -1.86. The Morgan fingerprint density at radius 1 is 1.64 bits per heavy atom. The van der Waals surface area contributed by atoms with Crippen LogP contribution in [-0.2, 0) is 9.53 Å². The van der Waals surface area contributed by atoms with Gasteiger partial charge in [-0.3, -0.25) is 14.3 Å². The number of esters is 1. The molecule has 2 heterocycles. The summed E-state index contributed by atoms with van der Waals surface area (Å²) in [5.74, 6) is -0.602. The second-order valence-electron chi connectivity index (χ2n) is 2.38. The minimum absolute atomic E-state index is 0.282. The van der Waals surface area contributed by atoms with Crippen molar-refractivity contribution in [1.29, 1.82) is 0 Å². The summed E-state index contributed by atoms with van der Waals surface area (Å²) in [6, 6.07) is 0. The van der Waals surface area contributed by atoms with Gasteiger partial charge in [-0.25, -0.2) is 9.59 Å². The number of nitrogens with one attached hydrogen (secondary N) is 1. The van der Waals surface area contributed by atoms with Gasteiger partial charge < -0.3 is 9.84 Å². The summed E-state index contributed by atoms with van der Waals surface area (Å²) >= 11 is 0. The molecular weight excluding hydrogens is 192 g/mol. The third-order valence-electron chi connectivity index (χ3n) is 1.47. The van der Waals surface area contributed by atoms with Crippen molar-refractivity contribution in [3.05, 3.63) is 27.0 Å². The minimum Gasteiger partial charge on any atom is -0.467 e. The van der Waals surface area contributed by atoms with Crippen LogP contribution in [0.5, 0.6) is 0 Å². The highest BCUT2D eigenvalue weighted by atomic mass is 16.5. The van der Waals surface area contributed by atoms with Crippen molar-refractivity contribution in [3.63, 3.8) is 0 Å². The van der Waals surface area contributed by atoms with Crippen molar-refractivity contribution in [2.45, 2.75) is 0 Å².